The van der Waals surface area contributed by atoms with E-state index in [0.717, 1.165) is 39.1 Å². The van der Waals surface area contributed by atoms with Crippen molar-refractivity contribution in [2.75, 3.05) is 4.90 Å². The van der Waals surface area contributed by atoms with Gasteiger partial charge in [0.15, 0.2) is 5.58 Å². The average molecular weight is 412 g/mol. The zero-order chi connectivity index (χ0) is 21.3. The molecule has 152 valence electrons. The normalized spacial score (nSPS) is 11.1. The molecule has 0 saturated carbocycles. The number of rotatable bonds is 4. The molecule has 0 fully saturated rings. The van der Waals surface area contributed by atoms with E-state index >= 15 is 0 Å². The van der Waals surface area contributed by atoms with Gasteiger partial charge in [-0.3, -0.25) is 4.98 Å². The van der Waals surface area contributed by atoms with Crippen LogP contribution in [0.4, 0.5) is 17.1 Å². The summed E-state index contributed by atoms with van der Waals surface area (Å²) >= 11 is 0. The maximum Gasteiger partial charge on any atom is 0.153 e. The molecule has 0 atom stereocenters. The van der Waals surface area contributed by atoms with Crippen LogP contribution in [-0.2, 0) is 0 Å². The van der Waals surface area contributed by atoms with Gasteiger partial charge in [-0.2, -0.15) is 0 Å². The van der Waals surface area contributed by atoms with Crippen LogP contribution in [0.5, 0.6) is 0 Å². The molecule has 0 radical (unpaired) electrons. The van der Waals surface area contributed by atoms with Crippen LogP contribution < -0.4 is 4.90 Å². The molecule has 0 amide bonds. The van der Waals surface area contributed by atoms with Crippen LogP contribution in [0, 0.1) is 0 Å². The van der Waals surface area contributed by atoms with Crippen LogP contribution >= 0.6 is 0 Å². The Balaban J connectivity index is 1.56. The second-order valence-electron chi connectivity index (χ2n) is 7.69. The highest BCUT2D eigenvalue weighted by atomic mass is 16.3. The molecule has 32 heavy (non-hydrogen) atoms. The molecule has 4 aromatic carbocycles. The summed E-state index contributed by atoms with van der Waals surface area (Å²) in [6, 6.07) is 39.6. The van der Waals surface area contributed by atoms with Crippen LogP contribution in [0.1, 0.15) is 0 Å². The molecule has 0 spiro atoms. The third kappa shape index (κ3) is 3.12. The molecule has 6 rings (SSSR count). The first kappa shape index (κ1) is 18.4. The van der Waals surface area contributed by atoms with Crippen molar-refractivity contribution < 1.29 is 4.42 Å². The standard InChI is InChI=1S/C29H20N2O/c1-3-9-21(10-4-1)22-16-18-24(19-17-22)31(23-11-5-2-6-12-23)25-13-7-14-26-28(25)29-27(32-26)15-8-20-30-29/h1-20H. The van der Waals surface area contributed by atoms with Crippen molar-refractivity contribution in [3.05, 3.63) is 121 Å². The van der Waals surface area contributed by atoms with Crippen LogP contribution in [0.15, 0.2) is 126 Å². The summed E-state index contributed by atoms with van der Waals surface area (Å²) in [7, 11) is 0. The number of fused-ring (bicyclic) bond motifs is 3. The van der Waals surface area contributed by atoms with E-state index in [9.17, 15) is 0 Å². The minimum absolute atomic E-state index is 0.794. The van der Waals surface area contributed by atoms with Gasteiger partial charge in [-0.15, -0.1) is 0 Å². The van der Waals surface area contributed by atoms with Gasteiger partial charge in [0, 0.05) is 17.6 Å². The second kappa shape index (κ2) is 7.71. The number of hydrogen-bond acceptors (Lipinski definition) is 3. The SMILES string of the molecule is c1ccc(-c2ccc(N(c3ccccc3)c3cccc4oc5cccnc5c34)cc2)cc1. The van der Waals surface area contributed by atoms with Crippen molar-refractivity contribution in [2.24, 2.45) is 0 Å². The molecule has 0 aliphatic carbocycles. The molecule has 0 bridgehead atoms. The summed E-state index contributed by atoms with van der Waals surface area (Å²) in [6.07, 6.45) is 1.82. The Morgan fingerprint density at radius 2 is 1.19 bits per heavy atom. The Kier molecular flexibility index (Phi) is 4.43. The van der Waals surface area contributed by atoms with Gasteiger partial charge < -0.3 is 9.32 Å². The Morgan fingerprint density at radius 3 is 1.97 bits per heavy atom. The molecule has 3 nitrogen and oxygen atoms in total. The summed E-state index contributed by atoms with van der Waals surface area (Å²) in [4.78, 5) is 6.90. The van der Waals surface area contributed by atoms with Gasteiger partial charge in [0.25, 0.3) is 0 Å². The van der Waals surface area contributed by atoms with Crippen molar-refractivity contribution >= 4 is 39.1 Å². The third-order valence-corrected chi connectivity index (χ3v) is 5.72. The summed E-state index contributed by atoms with van der Waals surface area (Å²) in [5.74, 6) is 0. The highest BCUT2D eigenvalue weighted by Gasteiger charge is 2.19. The Labute approximate surface area is 186 Å². The Hall–Kier alpha value is -4.37. The predicted octanol–water partition coefficient (Wildman–Crippen LogP) is 8.12. The van der Waals surface area contributed by atoms with E-state index in [1.165, 1.54) is 11.1 Å². The quantitative estimate of drug-likeness (QED) is 0.293. The number of pyridine rings is 1. The van der Waals surface area contributed by atoms with Gasteiger partial charge in [-0.05, 0) is 59.7 Å². The fourth-order valence-corrected chi connectivity index (χ4v) is 4.25. The smallest absolute Gasteiger partial charge is 0.153 e. The predicted molar refractivity (Wildman–Crippen MR) is 132 cm³/mol. The molecule has 0 unspecified atom stereocenters. The number of furan rings is 1. The van der Waals surface area contributed by atoms with Gasteiger partial charge in [0.05, 0.1) is 11.1 Å². The van der Waals surface area contributed by atoms with Crippen molar-refractivity contribution in [1.29, 1.82) is 0 Å². The lowest BCUT2D eigenvalue weighted by atomic mass is 10.0. The van der Waals surface area contributed by atoms with Gasteiger partial charge >= 0.3 is 0 Å². The zero-order valence-electron chi connectivity index (χ0n) is 17.3. The fourth-order valence-electron chi connectivity index (χ4n) is 4.25. The number of benzene rings is 4. The molecular formula is C29H20N2O. The van der Waals surface area contributed by atoms with Crippen molar-refractivity contribution in [3.8, 4) is 11.1 Å². The number of anilines is 3. The lowest BCUT2D eigenvalue weighted by Crippen LogP contribution is -2.10. The molecule has 0 aliphatic heterocycles. The summed E-state index contributed by atoms with van der Waals surface area (Å²) in [5, 5.41) is 1.01. The van der Waals surface area contributed by atoms with E-state index in [1.807, 2.05) is 42.6 Å². The largest absolute Gasteiger partial charge is 0.454 e. The van der Waals surface area contributed by atoms with Crippen LogP contribution in [-0.4, -0.2) is 4.98 Å². The first-order valence-electron chi connectivity index (χ1n) is 10.7. The van der Waals surface area contributed by atoms with Crippen LogP contribution in [0.3, 0.4) is 0 Å². The summed E-state index contributed by atoms with van der Waals surface area (Å²) < 4.78 is 6.10. The van der Waals surface area contributed by atoms with Gasteiger partial charge in [0.2, 0.25) is 0 Å². The molecule has 0 aliphatic rings. The van der Waals surface area contributed by atoms with E-state index in [2.05, 4.69) is 88.7 Å². The number of aromatic nitrogens is 1. The van der Waals surface area contributed by atoms with Crippen molar-refractivity contribution in [1.82, 2.24) is 4.98 Å². The topological polar surface area (TPSA) is 29.3 Å². The molecule has 2 aromatic heterocycles. The number of hydrogen-bond donors (Lipinski definition) is 0. The maximum atomic E-state index is 6.10. The number of nitrogens with zero attached hydrogens (tertiary/aromatic N) is 2. The van der Waals surface area contributed by atoms with E-state index in [4.69, 9.17) is 4.42 Å². The maximum absolute atomic E-state index is 6.10. The minimum atomic E-state index is 0.794. The monoisotopic (exact) mass is 412 g/mol. The van der Waals surface area contributed by atoms with Crippen molar-refractivity contribution in [2.45, 2.75) is 0 Å². The molecule has 3 heteroatoms. The highest BCUT2D eigenvalue weighted by Crippen LogP contribution is 2.42. The highest BCUT2D eigenvalue weighted by molar-refractivity contribution is 6.11. The lowest BCUT2D eigenvalue weighted by Gasteiger charge is -2.26. The zero-order valence-corrected chi connectivity index (χ0v) is 17.3. The minimum Gasteiger partial charge on any atom is -0.454 e. The van der Waals surface area contributed by atoms with E-state index in [1.54, 1.807) is 0 Å². The lowest BCUT2D eigenvalue weighted by molar-refractivity contribution is 0.668. The van der Waals surface area contributed by atoms with Gasteiger partial charge in [-0.25, -0.2) is 0 Å². The van der Waals surface area contributed by atoms with Gasteiger partial charge in [-0.1, -0.05) is 66.7 Å². The van der Waals surface area contributed by atoms with Gasteiger partial charge in [0.1, 0.15) is 11.1 Å². The van der Waals surface area contributed by atoms with E-state index in [0.29, 0.717) is 0 Å². The Bertz CT molecular complexity index is 1500. The first-order valence-corrected chi connectivity index (χ1v) is 10.7. The van der Waals surface area contributed by atoms with E-state index in [-0.39, 0.29) is 0 Å². The molecule has 2 heterocycles. The van der Waals surface area contributed by atoms with Crippen LogP contribution in [0.25, 0.3) is 33.2 Å². The summed E-state index contributed by atoms with van der Waals surface area (Å²) in [6.45, 7) is 0. The molecular weight excluding hydrogens is 392 g/mol. The average Bonchev–Trinajstić information content (AvgIpc) is 3.25. The second-order valence-corrected chi connectivity index (χ2v) is 7.69. The van der Waals surface area contributed by atoms with Crippen molar-refractivity contribution in [3.63, 3.8) is 0 Å². The first-order chi connectivity index (χ1) is 15.9. The summed E-state index contributed by atoms with van der Waals surface area (Å²) in [5.41, 5.74) is 8.10. The molecule has 0 N–H and O–H groups in total. The Morgan fingerprint density at radius 1 is 0.531 bits per heavy atom. The van der Waals surface area contributed by atoms with E-state index < -0.39 is 0 Å². The van der Waals surface area contributed by atoms with Crippen LogP contribution in [0.2, 0.25) is 0 Å². The molecule has 0 saturated heterocycles. The third-order valence-electron chi connectivity index (χ3n) is 5.72. The molecule has 6 aromatic rings. The fraction of sp³-hybridized carbons (Fsp3) is 0. The number of para-hydroxylation sites is 1.